The Kier molecular flexibility index (Phi) is 6.25. The van der Waals surface area contributed by atoms with Gasteiger partial charge in [-0.25, -0.2) is 0 Å². The van der Waals surface area contributed by atoms with E-state index < -0.39 is 5.97 Å². The lowest BCUT2D eigenvalue weighted by Gasteiger charge is -2.37. The van der Waals surface area contributed by atoms with E-state index in [1.165, 1.54) is 0 Å². The molecule has 8 heteroatoms. The zero-order chi connectivity index (χ0) is 22.0. The van der Waals surface area contributed by atoms with Crippen LogP contribution in [0.5, 0.6) is 0 Å². The Balaban J connectivity index is 1.27. The molecule has 31 heavy (non-hydrogen) atoms. The molecule has 166 valence electrons. The normalized spacial score (nSPS) is 23.3. The van der Waals surface area contributed by atoms with E-state index in [0.717, 1.165) is 5.69 Å². The average molecular weight is 428 g/mol. The highest BCUT2D eigenvalue weighted by molar-refractivity contribution is 6.00. The number of likely N-dealkylation sites (tertiary alicyclic amines) is 2. The molecule has 1 aromatic carbocycles. The fraction of sp³-hybridized carbons (Fsp3) is 0.565. The second-order valence-corrected chi connectivity index (χ2v) is 8.78. The van der Waals surface area contributed by atoms with E-state index in [0.29, 0.717) is 58.4 Å². The first kappa shape index (κ1) is 21.3. The summed E-state index contributed by atoms with van der Waals surface area (Å²) in [5.41, 5.74) is 0.818. The van der Waals surface area contributed by atoms with Crippen LogP contribution in [0.15, 0.2) is 30.3 Å². The summed E-state index contributed by atoms with van der Waals surface area (Å²) in [6.07, 6.45) is 2.47. The van der Waals surface area contributed by atoms with Crippen LogP contribution in [0.1, 0.15) is 32.1 Å². The third-order valence-electron chi connectivity index (χ3n) is 6.85. The predicted octanol–water partition coefficient (Wildman–Crippen LogP) is 1.60. The lowest BCUT2D eigenvalue weighted by molar-refractivity contribution is -0.147. The molecule has 0 aromatic heterocycles. The van der Waals surface area contributed by atoms with E-state index >= 15 is 0 Å². The average Bonchev–Trinajstić information content (AvgIpc) is 3.20. The summed E-state index contributed by atoms with van der Waals surface area (Å²) in [4.78, 5) is 54.6. The summed E-state index contributed by atoms with van der Waals surface area (Å²) >= 11 is 0. The van der Waals surface area contributed by atoms with Gasteiger partial charge in [-0.3, -0.25) is 19.2 Å². The van der Waals surface area contributed by atoms with Crippen LogP contribution in [-0.4, -0.2) is 71.3 Å². The first-order valence-electron chi connectivity index (χ1n) is 11.1. The molecule has 8 nitrogen and oxygen atoms in total. The van der Waals surface area contributed by atoms with Gasteiger partial charge in [-0.15, -0.1) is 0 Å². The van der Waals surface area contributed by atoms with Gasteiger partial charge in [-0.2, -0.15) is 0 Å². The number of carbonyl (C=O) groups excluding carboxylic acids is 3. The highest BCUT2D eigenvalue weighted by atomic mass is 16.4. The summed E-state index contributed by atoms with van der Waals surface area (Å²) < 4.78 is 0. The topological polar surface area (TPSA) is 98.2 Å². The lowest BCUT2D eigenvalue weighted by atomic mass is 9.91. The molecule has 3 aliphatic heterocycles. The number of carbonyl (C=O) groups is 4. The Hall–Kier alpha value is -2.90. The molecule has 0 radical (unpaired) electrons. The molecule has 0 unspecified atom stereocenters. The third-order valence-corrected chi connectivity index (χ3v) is 6.85. The van der Waals surface area contributed by atoms with Crippen molar-refractivity contribution >= 4 is 29.4 Å². The van der Waals surface area contributed by atoms with Gasteiger partial charge in [-0.1, -0.05) is 18.2 Å². The summed E-state index contributed by atoms with van der Waals surface area (Å²) in [5, 5.41) is 9.12. The number of hydrogen-bond acceptors (Lipinski definition) is 4. The maximum absolute atomic E-state index is 13.0. The number of aliphatic carboxylic acids is 1. The number of carboxylic acid groups (broad SMARTS) is 1. The standard InChI is InChI=1S/C23H29N3O5/c27-20-14-18(15-26(20)19-4-2-1-3-5-19)22(29)25-10-6-16(7-11-25)21(28)24-12-8-17(9-13-24)23(30)31/h1-5,16-18H,6-15H2,(H,30,31)/t18-/m1/s1. The number of carboxylic acids is 1. The van der Waals surface area contributed by atoms with Crippen molar-refractivity contribution in [3.05, 3.63) is 30.3 Å². The van der Waals surface area contributed by atoms with Gasteiger partial charge in [0, 0.05) is 50.7 Å². The maximum atomic E-state index is 13.0. The summed E-state index contributed by atoms with van der Waals surface area (Å²) in [5.74, 6) is -1.53. The molecule has 0 aliphatic carbocycles. The molecule has 3 saturated heterocycles. The Labute approximate surface area is 181 Å². The Morgan fingerprint density at radius 3 is 1.84 bits per heavy atom. The van der Waals surface area contributed by atoms with Gasteiger partial charge in [0.2, 0.25) is 17.7 Å². The van der Waals surface area contributed by atoms with Crippen molar-refractivity contribution in [1.82, 2.24) is 9.80 Å². The van der Waals surface area contributed by atoms with Gasteiger partial charge >= 0.3 is 5.97 Å². The Morgan fingerprint density at radius 1 is 0.774 bits per heavy atom. The fourth-order valence-electron chi connectivity index (χ4n) is 4.94. The minimum atomic E-state index is -0.782. The summed E-state index contributed by atoms with van der Waals surface area (Å²) in [6.45, 7) is 2.44. The minimum absolute atomic E-state index is 0.0000439. The number of amides is 3. The quantitative estimate of drug-likeness (QED) is 0.787. The molecule has 0 saturated carbocycles. The largest absolute Gasteiger partial charge is 0.481 e. The Morgan fingerprint density at radius 2 is 1.29 bits per heavy atom. The lowest BCUT2D eigenvalue weighted by Crippen LogP contribution is -2.48. The highest BCUT2D eigenvalue weighted by Crippen LogP contribution is 2.29. The van der Waals surface area contributed by atoms with E-state index in [9.17, 15) is 19.2 Å². The van der Waals surface area contributed by atoms with Gasteiger partial charge in [0.05, 0.1) is 11.8 Å². The molecule has 4 rings (SSSR count). The van der Waals surface area contributed by atoms with Crippen molar-refractivity contribution in [2.75, 3.05) is 37.6 Å². The van der Waals surface area contributed by atoms with E-state index in [-0.39, 0.29) is 41.9 Å². The molecular weight excluding hydrogens is 398 g/mol. The van der Waals surface area contributed by atoms with Crippen molar-refractivity contribution < 1.29 is 24.3 Å². The van der Waals surface area contributed by atoms with Crippen LogP contribution in [0, 0.1) is 17.8 Å². The van der Waals surface area contributed by atoms with Gasteiger partial charge < -0.3 is 19.8 Å². The van der Waals surface area contributed by atoms with Crippen molar-refractivity contribution in [2.24, 2.45) is 17.8 Å². The van der Waals surface area contributed by atoms with Crippen LogP contribution >= 0.6 is 0 Å². The smallest absolute Gasteiger partial charge is 0.306 e. The first-order chi connectivity index (χ1) is 14.9. The van der Waals surface area contributed by atoms with Crippen molar-refractivity contribution in [1.29, 1.82) is 0 Å². The highest BCUT2D eigenvalue weighted by Gasteiger charge is 2.39. The van der Waals surface area contributed by atoms with Crippen LogP contribution in [0.25, 0.3) is 0 Å². The second kappa shape index (κ2) is 9.08. The minimum Gasteiger partial charge on any atom is -0.481 e. The molecule has 3 heterocycles. The maximum Gasteiger partial charge on any atom is 0.306 e. The molecule has 0 spiro atoms. The third kappa shape index (κ3) is 4.57. The Bertz CT molecular complexity index is 842. The van der Waals surface area contributed by atoms with E-state index in [1.807, 2.05) is 30.3 Å². The number of benzene rings is 1. The van der Waals surface area contributed by atoms with Gasteiger partial charge in [0.15, 0.2) is 0 Å². The molecule has 3 fully saturated rings. The molecule has 1 atom stereocenters. The van der Waals surface area contributed by atoms with E-state index in [4.69, 9.17) is 5.11 Å². The number of nitrogens with zero attached hydrogens (tertiary/aromatic N) is 3. The summed E-state index contributed by atoms with van der Waals surface area (Å²) in [7, 11) is 0. The van der Waals surface area contributed by atoms with Crippen molar-refractivity contribution in [3.63, 3.8) is 0 Å². The second-order valence-electron chi connectivity index (χ2n) is 8.78. The predicted molar refractivity (Wildman–Crippen MR) is 113 cm³/mol. The number of hydrogen-bond donors (Lipinski definition) is 1. The number of piperidine rings is 2. The van der Waals surface area contributed by atoms with Gasteiger partial charge in [-0.05, 0) is 37.8 Å². The molecular formula is C23H29N3O5. The van der Waals surface area contributed by atoms with Crippen molar-refractivity contribution in [3.8, 4) is 0 Å². The molecule has 3 amide bonds. The van der Waals surface area contributed by atoms with Crippen LogP contribution in [0.4, 0.5) is 5.69 Å². The van der Waals surface area contributed by atoms with Crippen LogP contribution in [0.3, 0.4) is 0 Å². The van der Waals surface area contributed by atoms with E-state index in [1.54, 1.807) is 14.7 Å². The summed E-state index contributed by atoms with van der Waals surface area (Å²) in [6, 6.07) is 9.40. The monoisotopic (exact) mass is 427 g/mol. The fourth-order valence-corrected chi connectivity index (χ4v) is 4.94. The van der Waals surface area contributed by atoms with Crippen LogP contribution in [0.2, 0.25) is 0 Å². The van der Waals surface area contributed by atoms with Crippen molar-refractivity contribution in [2.45, 2.75) is 32.1 Å². The van der Waals surface area contributed by atoms with Gasteiger partial charge in [0.1, 0.15) is 0 Å². The number of rotatable bonds is 4. The molecule has 1 aromatic rings. The SMILES string of the molecule is O=C(O)C1CCN(C(=O)C2CCN(C(=O)[C@@H]3CC(=O)N(c4ccccc4)C3)CC2)CC1. The van der Waals surface area contributed by atoms with Crippen LogP contribution < -0.4 is 4.90 Å². The number of para-hydroxylation sites is 1. The van der Waals surface area contributed by atoms with Crippen LogP contribution in [-0.2, 0) is 19.2 Å². The molecule has 3 aliphatic rings. The number of anilines is 1. The zero-order valence-corrected chi connectivity index (χ0v) is 17.6. The van der Waals surface area contributed by atoms with Gasteiger partial charge in [0.25, 0.3) is 0 Å². The van der Waals surface area contributed by atoms with E-state index in [2.05, 4.69) is 0 Å². The molecule has 0 bridgehead atoms. The zero-order valence-electron chi connectivity index (χ0n) is 17.6. The first-order valence-corrected chi connectivity index (χ1v) is 11.1. The molecule has 1 N–H and O–H groups in total.